The van der Waals surface area contributed by atoms with Gasteiger partial charge < -0.3 is 9.80 Å². The van der Waals surface area contributed by atoms with Crippen molar-refractivity contribution in [3.05, 3.63) is 0 Å². The minimum Gasteiger partial charge on any atom is -0.337 e. The Morgan fingerprint density at radius 1 is 0.900 bits per heavy atom. The molecule has 4 heteroatoms. The van der Waals surface area contributed by atoms with Crippen LogP contribution in [0.3, 0.4) is 0 Å². The predicted molar refractivity (Wildman–Crippen MR) is 77.1 cm³/mol. The van der Waals surface area contributed by atoms with Crippen molar-refractivity contribution >= 4 is 11.8 Å². The Balaban J connectivity index is 1.81. The van der Waals surface area contributed by atoms with Crippen LogP contribution in [0.15, 0.2) is 0 Å². The van der Waals surface area contributed by atoms with E-state index in [9.17, 15) is 9.59 Å². The fourth-order valence-corrected chi connectivity index (χ4v) is 4.24. The van der Waals surface area contributed by atoms with Crippen molar-refractivity contribution in [2.45, 2.75) is 70.4 Å². The molecule has 4 nitrogen and oxygen atoms in total. The molecule has 3 atom stereocenters. The molecule has 0 aromatic carbocycles. The minimum atomic E-state index is -0.159. The van der Waals surface area contributed by atoms with Gasteiger partial charge in [-0.15, -0.1) is 0 Å². The van der Waals surface area contributed by atoms with Crippen LogP contribution in [0.5, 0.6) is 0 Å². The number of piperidine rings is 1. The first-order valence-corrected chi connectivity index (χ1v) is 8.28. The summed E-state index contributed by atoms with van der Waals surface area (Å²) in [6, 6.07) is 0.207. The molecule has 3 rings (SSSR count). The first-order chi connectivity index (χ1) is 9.68. The average Bonchev–Trinajstić information content (AvgIpc) is 2.59. The van der Waals surface area contributed by atoms with Crippen molar-refractivity contribution in [2.75, 3.05) is 13.1 Å². The molecule has 20 heavy (non-hydrogen) atoms. The minimum absolute atomic E-state index is 0.159. The Morgan fingerprint density at radius 2 is 1.65 bits per heavy atom. The molecule has 112 valence electrons. The van der Waals surface area contributed by atoms with Crippen molar-refractivity contribution in [1.82, 2.24) is 9.80 Å². The number of amides is 2. The summed E-state index contributed by atoms with van der Waals surface area (Å²) in [5.74, 6) is 1.00. The topological polar surface area (TPSA) is 40.6 Å². The molecule has 1 saturated carbocycles. The highest BCUT2D eigenvalue weighted by molar-refractivity contribution is 5.90. The Kier molecular flexibility index (Phi) is 3.99. The molecule has 0 spiro atoms. The summed E-state index contributed by atoms with van der Waals surface area (Å²) >= 11 is 0. The number of hydrogen-bond acceptors (Lipinski definition) is 2. The van der Waals surface area contributed by atoms with Gasteiger partial charge in [-0.05, 0) is 38.0 Å². The maximum atomic E-state index is 12.9. The second kappa shape index (κ2) is 5.74. The van der Waals surface area contributed by atoms with E-state index in [-0.39, 0.29) is 17.9 Å². The molecule has 0 N–H and O–H groups in total. The van der Waals surface area contributed by atoms with E-state index in [0.717, 1.165) is 32.2 Å². The Labute approximate surface area is 121 Å². The molecule has 3 fully saturated rings. The summed E-state index contributed by atoms with van der Waals surface area (Å²) in [5, 5.41) is 0. The van der Waals surface area contributed by atoms with Crippen molar-refractivity contribution in [3.8, 4) is 0 Å². The van der Waals surface area contributed by atoms with Gasteiger partial charge >= 0.3 is 0 Å². The van der Waals surface area contributed by atoms with Gasteiger partial charge in [0.2, 0.25) is 11.8 Å². The average molecular weight is 278 g/mol. The highest BCUT2D eigenvalue weighted by atomic mass is 16.2. The highest BCUT2D eigenvalue weighted by Crippen LogP contribution is 2.31. The van der Waals surface area contributed by atoms with Gasteiger partial charge in [-0.1, -0.05) is 19.8 Å². The first-order valence-electron chi connectivity index (χ1n) is 8.28. The smallest absolute Gasteiger partial charge is 0.245 e. The molecule has 2 aliphatic heterocycles. The molecule has 2 amide bonds. The zero-order chi connectivity index (χ0) is 14.1. The zero-order valence-corrected chi connectivity index (χ0v) is 12.5. The van der Waals surface area contributed by atoms with Gasteiger partial charge in [0, 0.05) is 25.6 Å². The number of carbonyl (C=O) groups is 2. The maximum Gasteiger partial charge on any atom is 0.245 e. The third-order valence-corrected chi connectivity index (χ3v) is 5.42. The quantitative estimate of drug-likeness (QED) is 0.737. The van der Waals surface area contributed by atoms with E-state index in [1.54, 1.807) is 0 Å². The fourth-order valence-electron chi connectivity index (χ4n) is 4.24. The monoisotopic (exact) mass is 278 g/mol. The Bertz CT molecular complexity index is 396. The molecular formula is C16H26N2O2. The van der Waals surface area contributed by atoms with E-state index in [1.165, 1.54) is 19.3 Å². The fraction of sp³-hybridized carbons (Fsp3) is 0.875. The molecule has 0 aromatic heterocycles. The van der Waals surface area contributed by atoms with Crippen LogP contribution in [-0.2, 0) is 9.59 Å². The van der Waals surface area contributed by atoms with Gasteiger partial charge in [-0.3, -0.25) is 9.59 Å². The maximum absolute atomic E-state index is 12.9. The molecule has 2 saturated heterocycles. The van der Waals surface area contributed by atoms with Crippen molar-refractivity contribution in [3.63, 3.8) is 0 Å². The number of rotatable bonds is 1. The first kappa shape index (κ1) is 13.9. The number of carbonyl (C=O) groups excluding carboxylic acids is 2. The van der Waals surface area contributed by atoms with Crippen LogP contribution >= 0.6 is 0 Å². The van der Waals surface area contributed by atoms with Crippen LogP contribution in [0.1, 0.15) is 58.3 Å². The van der Waals surface area contributed by atoms with Crippen molar-refractivity contribution in [2.24, 2.45) is 5.92 Å². The molecular weight excluding hydrogens is 252 g/mol. The molecule has 1 aliphatic carbocycles. The SMILES string of the molecule is CC1CCCCC1N1CCC(=O)N2CCCCC2C1=O. The van der Waals surface area contributed by atoms with Crippen LogP contribution in [-0.4, -0.2) is 46.8 Å². The standard InChI is InChI=1S/C16H26N2O2/c1-12-6-2-3-7-13(12)18-11-9-15(19)17-10-5-4-8-14(17)16(18)20/h12-14H,2-11H2,1H3. The van der Waals surface area contributed by atoms with E-state index < -0.39 is 0 Å². The number of fused-ring (bicyclic) bond motifs is 1. The lowest BCUT2D eigenvalue weighted by molar-refractivity contribution is -0.145. The lowest BCUT2D eigenvalue weighted by Gasteiger charge is -2.40. The third kappa shape index (κ3) is 2.45. The van der Waals surface area contributed by atoms with Gasteiger partial charge in [0.05, 0.1) is 0 Å². The van der Waals surface area contributed by atoms with Crippen molar-refractivity contribution in [1.29, 1.82) is 0 Å². The summed E-state index contributed by atoms with van der Waals surface area (Å²) in [6.45, 7) is 3.69. The van der Waals surface area contributed by atoms with E-state index in [4.69, 9.17) is 0 Å². The van der Waals surface area contributed by atoms with E-state index in [1.807, 2.05) is 4.90 Å². The normalized spacial score (nSPS) is 35.8. The van der Waals surface area contributed by atoms with Crippen LogP contribution < -0.4 is 0 Å². The molecule has 3 aliphatic rings. The lowest BCUT2D eigenvalue weighted by atomic mass is 9.84. The van der Waals surface area contributed by atoms with Crippen LogP contribution in [0.25, 0.3) is 0 Å². The van der Waals surface area contributed by atoms with Crippen LogP contribution in [0, 0.1) is 5.92 Å². The summed E-state index contributed by atoms with van der Waals surface area (Å²) in [4.78, 5) is 29.1. The van der Waals surface area contributed by atoms with Gasteiger partial charge in [0.1, 0.15) is 6.04 Å². The predicted octanol–water partition coefficient (Wildman–Crippen LogP) is 2.18. The molecule has 0 aromatic rings. The van der Waals surface area contributed by atoms with Gasteiger partial charge in [-0.2, -0.15) is 0 Å². The highest BCUT2D eigenvalue weighted by Gasteiger charge is 2.41. The van der Waals surface area contributed by atoms with Gasteiger partial charge in [0.15, 0.2) is 0 Å². The van der Waals surface area contributed by atoms with Crippen LogP contribution in [0.2, 0.25) is 0 Å². The number of hydrogen-bond donors (Lipinski definition) is 0. The van der Waals surface area contributed by atoms with E-state index in [2.05, 4.69) is 11.8 Å². The van der Waals surface area contributed by atoms with Crippen molar-refractivity contribution < 1.29 is 9.59 Å². The Morgan fingerprint density at radius 3 is 2.45 bits per heavy atom. The van der Waals surface area contributed by atoms with Crippen LogP contribution in [0.4, 0.5) is 0 Å². The van der Waals surface area contributed by atoms with E-state index in [0.29, 0.717) is 24.9 Å². The second-order valence-corrected chi connectivity index (χ2v) is 6.71. The molecule has 2 heterocycles. The summed E-state index contributed by atoms with van der Waals surface area (Å²) in [6.07, 6.45) is 8.36. The number of nitrogens with zero attached hydrogens (tertiary/aromatic N) is 2. The lowest BCUT2D eigenvalue weighted by Crippen LogP contribution is -2.53. The summed E-state index contributed by atoms with van der Waals surface area (Å²) < 4.78 is 0. The Hall–Kier alpha value is -1.06. The third-order valence-electron chi connectivity index (χ3n) is 5.42. The van der Waals surface area contributed by atoms with Gasteiger partial charge in [0.25, 0.3) is 0 Å². The molecule has 3 unspecified atom stereocenters. The molecule has 0 bridgehead atoms. The summed E-state index contributed by atoms with van der Waals surface area (Å²) in [5.41, 5.74) is 0. The zero-order valence-electron chi connectivity index (χ0n) is 12.5. The van der Waals surface area contributed by atoms with Gasteiger partial charge in [-0.25, -0.2) is 0 Å². The largest absolute Gasteiger partial charge is 0.337 e. The van der Waals surface area contributed by atoms with E-state index >= 15 is 0 Å². The summed E-state index contributed by atoms with van der Waals surface area (Å²) in [7, 11) is 0. The second-order valence-electron chi connectivity index (χ2n) is 6.71. The molecule has 0 radical (unpaired) electrons.